The number of nitrogens with one attached hydrogen (secondary N) is 2. The van der Waals surface area contributed by atoms with E-state index in [1.807, 2.05) is 13.0 Å². The largest absolute Gasteiger partial charge is 0.493 e. The van der Waals surface area contributed by atoms with Gasteiger partial charge in [-0.15, -0.1) is 0 Å². The van der Waals surface area contributed by atoms with Crippen molar-refractivity contribution in [1.82, 2.24) is 10.9 Å². The summed E-state index contributed by atoms with van der Waals surface area (Å²) in [5.74, 6) is 0.00192. The molecule has 26 heavy (non-hydrogen) atoms. The van der Waals surface area contributed by atoms with E-state index in [0.717, 1.165) is 6.42 Å². The van der Waals surface area contributed by atoms with Gasteiger partial charge in [0, 0.05) is 11.1 Å². The third kappa shape index (κ3) is 4.74. The molecular formula is C19H19N3O4. The second-order valence-corrected chi connectivity index (χ2v) is 5.31. The minimum absolute atomic E-state index is 0.311. The van der Waals surface area contributed by atoms with Crippen molar-refractivity contribution in [2.45, 2.75) is 13.3 Å². The number of rotatable bonds is 6. The summed E-state index contributed by atoms with van der Waals surface area (Å²) in [5.41, 5.74) is 5.75. The number of hydrazine groups is 1. The quantitative estimate of drug-likeness (QED) is 0.777. The van der Waals surface area contributed by atoms with Crippen molar-refractivity contribution < 1.29 is 19.1 Å². The van der Waals surface area contributed by atoms with Crippen LogP contribution in [-0.2, 0) is 0 Å². The molecule has 0 saturated heterocycles. The molecule has 0 bridgehead atoms. The molecule has 0 unspecified atom stereocenters. The normalized spacial score (nSPS) is 9.73. The van der Waals surface area contributed by atoms with Gasteiger partial charge in [0.2, 0.25) is 0 Å². The van der Waals surface area contributed by atoms with Gasteiger partial charge in [-0.1, -0.05) is 6.92 Å². The third-order valence-electron chi connectivity index (χ3n) is 3.45. The smallest absolute Gasteiger partial charge is 0.269 e. The first-order valence-electron chi connectivity index (χ1n) is 8.00. The van der Waals surface area contributed by atoms with E-state index in [1.54, 1.807) is 12.1 Å². The third-order valence-corrected chi connectivity index (χ3v) is 3.45. The fraction of sp³-hybridized carbons (Fsp3) is 0.211. The summed E-state index contributed by atoms with van der Waals surface area (Å²) in [7, 11) is 1.49. The molecular weight excluding hydrogens is 334 g/mol. The van der Waals surface area contributed by atoms with Crippen molar-refractivity contribution >= 4 is 11.8 Å². The van der Waals surface area contributed by atoms with Crippen molar-refractivity contribution in [2.24, 2.45) is 0 Å². The highest BCUT2D eigenvalue weighted by atomic mass is 16.5. The van der Waals surface area contributed by atoms with Crippen LogP contribution in [0.25, 0.3) is 0 Å². The zero-order chi connectivity index (χ0) is 18.9. The molecule has 0 saturated carbocycles. The molecule has 7 nitrogen and oxygen atoms in total. The highest BCUT2D eigenvalue weighted by Gasteiger charge is 2.12. The minimum Gasteiger partial charge on any atom is -0.493 e. The second-order valence-electron chi connectivity index (χ2n) is 5.31. The second kappa shape index (κ2) is 9.08. The maximum Gasteiger partial charge on any atom is 0.269 e. The molecule has 0 radical (unpaired) electrons. The summed E-state index contributed by atoms with van der Waals surface area (Å²) < 4.78 is 10.8. The van der Waals surface area contributed by atoms with Gasteiger partial charge in [-0.05, 0) is 48.9 Å². The number of hydrogen-bond acceptors (Lipinski definition) is 5. The van der Waals surface area contributed by atoms with Gasteiger partial charge in [0.05, 0.1) is 25.3 Å². The number of methoxy groups -OCH3 is 1. The highest BCUT2D eigenvalue weighted by Crippen LogP contribution is 2.28. The summed E-state index contributed by atoms with van der Waals surface area (Å²) in [6.45, 7) is 2.54. The summed E-state index contributed by atoms with van der Waals surface area (Å²) >= 11 is 0. The molecule has 2 N–H and O–H groups in total. The number of hydrogen-bond donors (Lipinski definition) is 2. The zero-order valence-corrected chi connectivity index (χ0v) is 14.5. The molecule has 2 aromatic carbocycles. The average molecular weight is 353 g/mol. The molecule has 0 fully saturated rings. The standard InChI is InChI=1S/C19H19N3O4/c1-3-10-26-16-9-8-15(11-17(16)25-2)19(24)22-21-18(23)14-6-4-13(12-20)5-7-14/h4-9,11H,3,10H2,1-2H3,(H,21,23)(H,22,24). The van der Waals surface area contributed by atoms with Gasteiger partial charge in [-0.25, -0.2) is 0 Å². The molecule has 0 spiro atoms. The van der Waals surface area contributed by atoms with Gasteiger partial charge in [0.25, 0.3) is 11.8 Å². The lowest BCUT2D eigenvalue weighted by Crippen LogP contribution is -2.41. The molecule has 134 valence electrons. The Bertz CT molecular complexity index is 826. The molecule has 7 heteroatoms. The van der Waals surface area contributed by atoms with Gasteiger partial charge in [-0.2, -0.15) is 5.26 Å². The number of carbonyl (C=O) groups is 2. The Hall–Kier alpha value is -3.53. The van der Waals surface area contributed by atoms with E-state index < -0.39 is 11.8 Å². The summed E-state index contributed by atoms with van der Waals surface area (Å²) in [4.78, 5) is 24.2. The Morgan fingerprint density at radius 1 is 1.00 bits per heavy atom. The van der Waals surface area contributed by atoms with Crippen molar-refractivity contribution in [3.8, 4) is 17.6 Å². The van der Waals surface area contributed by atoms with Gasteiger partial charge in [0.1, 0.15) is 0 Å². The fourth-order valence-corrected chi connectivity index (χ4v) is 2.09. The van der Waals surface area contributed by atoms with Crippen LogP contribution in [0.1, 0.15) is 39.6 Å². The van der Waals surface area contributed by atoms with Gasteiger partial charge in [0.15, 0.2) is 11.5 Å². The van der Waals surface area contributed by atoms with Crippen molar-refractivity contribution in [3.63, 3.8) is 0 Å². The van der Waals surface area contributed by atoms with E-state index in [2.05, 4.69) is 10.9 Å². The number of ether oxygens (including phenoxy) is 2. The Kier molecular flexibility index (Phi) is 6.57. The Labute approximate surface area is 151 Å². The maximum absolute atomic E-state index is 12.2. The van der Waals surface area contributed by atoms with E-state index in [-0.39, 0.29) is 0 Å². The van der Waals surface area contributed by atoms with Crippen LogP contribution < -0.4 is 20.3 Å². The van der Waals surface area contributed by atoms with E-state index >= 15 is 0 Å². The van der Waals surface area contributed by atoms with Gasteiger partial charge < -0.3 is 9.47 Å². The van der Waals surface area contributed by atoms with Crippen LogP contribution in [0.4, 0.5) is 0 Å². The maximum atomic E-state index is 12.2. The van der Waals surface area contributed by atoms with Crippen molar-refractivity contribution in [3.05, 3.63) is 59.2 Å². The van der Waals surface area contributed by atoms with Crippen LogP contribution in [0.5, 0.6) is 11.5 Å². The fourth-order valence-electron chi connectivity index (χ4n) is 2.09. The predicted molar refractivity (Wildman–Crippen MR) is 94.9 cm³/mol. The lowest BCUT2D eigenvalue weighted by Gasteiger charge is -2.12. The monoisotopic (exact) mass is 353 g/mol. The number of amides is 2. The zero-order valence-electron chi connectivity index (χ0n) is 14.5. The number of nitriles is 1. The molecule has 2 rings (SSSR count). The van der Waals surface area contributed by atoms with E-state index in [9.17, 15) is 9.59 Å². The van der Waals surface area contributed by atoms with Crippen LogP contribution in [0.2, 0.25) is 0 Å². The molecule has 0 heterocycles. The van der Waals surface area contributed by atoms with Crippen LogP contribution in [0.15, 0.2) is 42.5 Å². The Morgan fingerprint density at radius 3 is 2.19 bits per heavy atom. The molecule has 0 atom stereocenters. The molecule has 0 aliphatic carbocycles. The van der Waals surface area contributed by atoms with Crippen LogP contribution in [0.3, 0.4) is 0 Å². The van der Waals surface area contributed by atoms with Crippen molar-refractivity contribution in [1.29, 1.82) is 5.26 Å². The summed E-state index contributed by atoms with van der Waals surface area (Å²) in [6, 6.07) is 12.8. The minimum atomic E-state index is -0.493. The molecule has 2 aromatic rings. The SMILES string of the molecule is CCCOc1ccc(C(=O)NNC(=O)c2ccc(C#N)cc2)cc1OC. The first-order chi connectivity index (χ1) is 12.6. The number of carbonyl (C=O) groups excluding carboxylic acids is 2. The van der Waals surface area contributed by atoms with Gasteiger partial charge >= 0.3 is 0 Å². The van der Waals surface area contributed by atoms with Crippen LogP contribution in [0, 0.1) is 11.3 Å². The van der Waals surface area contributed by atoms with E-state index in [1.165, 1.54) is 37.4 Å². The summed E-state index contributed by atoms with van der Waals surface area (Å²) in [5, 5.41) is 8.75. The summed E-state index contributed by atoms with van der Waals surface area (Å²) in [6.07, 6.45) is 0.854. The van der Waals surface area contributed by atoms with Crippen LogP contribution in [-0.4, -0.2) is 25.5 Å². The van der Waals surface area contributed by atoms with E-state index in [0.29, 0.717) is 34.8 Å². The first-order valence-corrected chi connectivity index (χ1v) is 8.00. The molecule has 0 aliphatic rings. The van der Waals surface area contributed by atoms with Crippen molar-refractivity contribution in [2.75, 3.05) is 13.7 Å². The number of benzene rings is 2. The molecule has 0 aromatic heterocycles. The first kappa shape index (κ1) is 18.8. The molecule has 0 aliphatic heterocycles. The van der Waals surface area contributed by atoms with E-state index in [4.69, 9.17) is 14.7 Å². The molecule has 2 amide bonds. The number of nitrogens with zero attached hydrogens (tertiary/aromatic N) is 1. The predicted octanol–water partition coefficient (Wildman–Crippen LogP) is 2.43. The Balaban J connectivity index is 2.00. The highest BCUT2D eigenvalue weighted by molar-refractivity contribution is 5.99. The van der Waals surface area contributed by atoms with Crippen LogP contribution >= 0.6 is 0 Å². The lowest BCUT2D eigenvalue weighted by atomic mass is 10.1. The average Bonchev–Trinajstić information content (AvgIpc) is 2.70. The topological polar surface area (TPSA) is 100 Å². The van der Waals surface area contributed by atoms with Gasteiger partial charge in [-0.3, -0.25) is 20.4 Å². The Morgan fingerprint density at radius 2 is 1.62 bits per heavy atom. The lowest BCUT2D eigenvalue weighted by molar-refractivity contribution is 0.0846.